The summed E-state index contributed by atoms with van der Waals surface area (Å²) in [5, 5.41) is 3.11. The minimum absolute atomic E-state index is 0.152. The number of cyclic esters (lactones) is 2. The van der Waals surface area contributed by atoms with Gasteiger partial charge in [-0.2, -0.15) is 0 Å². The molecule has 0 aliphatic carbocycles. The Hall–Kier alpha value is -8.35. The molecular formula is C62H56N2O9. The van der Waals surface area contributed by atoms with Crippen molar-refractivity contribution >= 4 is 18.2 Å². The zero-order valence-corrected chi connectivity index (χ0v) is 40.2. The Morgan fingerprint density at radius 3 is 1.37 bits per heavy atom. The average Bonchev–Trinajstić information content (AvgIpc) is 3.88. The maximum absolute atomic E-state index is 13.4. The predicted molar refractivity (Wildman–Crippen MR) is 278 cm³/mol. The molecule has 3 aliphatic rings. The molecule has 11 rings (SSSR count). The Bertz CT molecular complexity index is 2940. The summed E-state index contributed by atoms with van der Waals surface area (Å²) >= 11 is 0. The maximum atomic E-state index is 13.4. The Labute approximate surface area is 425 Å². The van der Waals surface area contributed by atoms with Gasteiger partial charge >= 0.3 is 11.9 Å². The van der Waals surface area contributed by atoms with Crippen LogP contribution in [0.5, 0.6) is 17.2 Å². The van der Waals surface area contributed by atoms with Gasteiger partial charge in [0.25, 0.3) is 0 Å². The van der Waals surface area contributed by atoms with Crippen molar-refractivity contribution in [3.8, 4) is 17.2 Å². The Morgan fingerprint density at radius 1 is 0.479 bits per heavy atom. The highest BCUT2D eigenvalue weighted by atomic mass is 16.6. The van der Waals surface area contributed by atoms with Crippen molar-refractivity contribution in [2.75, 3.05) is 19.8 Å². The molecule has 1 unspecified atom stereocenters. The molecular weight excluding hydrogens is 917 g/mol. The number of fused-ring (bicyclic) bond motifs is 1. The molecule has 0 bridgehead atoms. The molecule has 0 aromatic heterocycles. The number of carbonyl (C=O) groups excluding carboxylic acids is 3. The second-order valence-electron chi connectivity index (χ2n) is 17.5. The lowest BCUT2D eigenvalue weighted by molar-refractivity contribution is -0.163. The number of nitrogens with zero attached hydrogens (tertiary/aromatic N) is 1. The normalized spacial score (nSPS) is 19.0. The third kappa shape index (κ3) is 13.5. The molecule has 0 radical (unpaired) electrons. The molecule has 5 atom stereocenters. The van der Waals surface area contributed by atoms with Gasteiger partial charge < -0.3 is 28.4 Å². The van der Waals surface area contributed by atoms with E-state index >= 15 is 0 Å². The fourth-order valence-corrected chi connectivity index (χ4v) is 8.72. The Kier molecular flexibility index (Phi) is 17.1. The van der Waals surface area contributed by atoms with Crippen LogP contribution in [-0.2, 0) is 43.6 Å². The van der Waals surface area contributed by atoms with Gasteiger partial charge in [-0.25, -0.2) is 4.90 Å². The van der Waals surface area contributed by atoms with Crippen molar-refractivity contribution in [2.45, 2.75) is 50.3 Å². The van der Waals surface area contributed by atoms with E-state index in [0.29, 0.717) is 38.5 Å². The van der Waals surface area contributed by atoms with Crippen LogP contribution in [0.15, 0.2) is 224 Å². The highest BCUT2D eigenvalue weighted by Crippen LogP contribution is 2.49. The minimum Gasteiger partial charge on any atom is -0.489 e. The van der Waals surface area contributed by atoms with Crippen LogP contribution in [0.3, 0.4) is 0 Å². The molecule has 3 saturated heterocycles. The van der Waals surface area contributed by atoms with Crippen LogP contribution in [0.1, 0.15) is 73.7 Å². The lowest BCUT2D eigenvalue weighted by Gasteiger charge is -2.39. The number of hydrogen-bond acceptors (Lipinski definition) is 11. The van der Waals surface area contributed by atoms with E-state index in [9.17, 15) is 14.4 Å². The zero-order valence-electron chi connectivity index (χ0n) is 40.2. The monoisotopic (exact) mass is 972 g/mol. The molecule has 368 valence electrons. The van der Waals surface area contributed by atoms with Crippen LogP contribution in [-0.4, -0.2) is 48.9 Å². The van der Waals surface area contributed by atoms with Crippen LogP contribution < -0.4 is 19.5 Å². The third-order valence-corrected chi connectivity index (χ3v) is 12.6. The van der Waals surface area contributed by atoms with Gasteiger partial charge in [-0.05, 0) is 87.5 Å². The molecule has 0 spiro atoms. The molecule has 1 N–H and O–H groups in total. The first-order valence-electron chi connectivity index (χ1n) is 24.3. The van der Waals surface area contributed by atoms with Crippen molar-refractivity contribution in [3.05, 3.63) is 269 Å². The first-order chi connectivity index (χ1) is 36.0. The molecule has 3 fully saturated rings. The number of nitrogens with one attached hydrogen (secondary N) is 1. The Balaban J connectivity index is 0.000000183. The topological polar surface area (TPSA) is 122 Å². The van der Waals surface area contributed by atoms with Crippen LogP contribution in [0.2, 0.25) is 0 Å². The second-order valence-corrected chi connectivity index (χ2v) is 17.5. The van der Waals surface area contributed by atoms with E-state index < -0.39 is 18.4 Å². The van der Waals surface area contributed by atoms with Crippen molar-refractivity contribution in [3.63, 3.8) is 0 Å². The fraction of sp³-hybridized carbons (Fsp3) is 0.177. The van der Waals surface area contributed by atoms with Crippen LogP contribution in [0.4, 0.5) is 0 Å². The van der Waals surface area contributed by atoms with Gasteiger partial charge in [0.05, 0.1) is 18.6 Å². The average molecular weight is 973 g/mol. The van der Waals surface area contributed by atoms with Crippen molar-refractivity contribution < 1.29 is 42.8 Å². The summed E-state index contributed by atoms with van der Waals surface area (Å²) in [4.78, 5) is 36.8. The summed E-state index contributed by atoms with van der Waals surface area (Å²) in [6.07, 6.45) is -0.155. The molecule has 11 nitrogen and oxygen atoms in total. The highest BCUT2D eigenvalue weighted by molar-refractivity contribution is 5.78. The van der Waals surface area contributed by atoms with Gasteiger partial charge in [0.2, 0.25) is 0 Å². The molecule has 3 heterocycles. The first kappa shape index (κ1) is 49.6. The van der Waals surface area contributed by atoms with Crippen molar-refractivity contribution in [1.29, 1.82) is 0 Å². The summed E-state index contributed by atoms with van der Waals surface area (Å²) < 4.78 is 35.1. The largest absolute Gasteiger partial charge is 0.489 e. The molecule has 73 heavy (non-hydrogen) atoms. The van der Waals surface area contributed by atoms with Gasteiger partial charge in [-0.15, -0.1) is 0 Å². The first-order valence-corrected chi connectivity index (χ1v) is 24.3. The number of esters is 2. The number of aldehydes is 1. The number of benzene rings is 8. The lowest BCUT2D eigenvalue weighted by Crippen LogP contribution is -2.49. The maximum Gasteiger partial charge on any atom is 0.326 e. The van der Waals surface area contributed by atoms with E-state index in [1.54, 1.807) is 24.3 Å². The van der Waals surface area contributed by atoms with Crippen LogP contribution in [0, 0.1) is 0 Å². The number of rotatable bonds is 14. The molecule has 0 saturated carbocycles. The SMILES string of the molecule is O=C1CN[C@@H](c2ccccc2)CO1.O=C1OC[C@H](c2ccccc2)N2C1[C@@H](c1ccc(OCc3ccccc3)cc1)O[C@H]2c1ccc(OCc2ccccc2)cc1.O=Cc1ccc(OCc2ccccc2)cc1. The molecule has 0 amide bonds. The quantitative estimate of drug-likeness (QED) is 0.0828. The van der Waals surface area contributed by atoms with Crippen LogP contribution >= 0.6 is 0 Å². The van der Waals surface area contributed by atoms with Crippen LogP contribution in [0.25, 0.3) is 0 Å². The lowest BCUT2D eigenvalue weighted by atomic mass is 9.96. The van der Waals surface area contributed by atoms with E-state index in [-0.39, 0.29) is 30.6 Å². The van der Waals surface area contributed by atoms with Crippen molar-refractivity contribution in [2.24, 2.45) is 0 Å². The van der Waals surface area contributed by atoms with E-state index in [2.05, 4.69) is 22.3 Å². The summed E-state index contributed by atoms with van der Waals surface area (Å²) in [6, 6.07) is 72.5. The number of carbonyl (C=O) groups is 3. The second kappa shape index (κ2) is 25.2. The molecule has 11 heteroatoms. The molecule has 8 aromatic carbocycles. The van der Waals surface area contributed by atoms with E-state index in [1.807, 2.05) is 188 Å². The van der Waals surface area contributed by atoms with E-state index in [4.69, 9.17) is 28.4 Å². The number of ether oxygens (including phenoxy) is 6. The van der Waals surface area contributed by atoms with Gasteiger partial charge in [-0.1, -0.05) is 176 Å². The highest BCUT2D eigenvalue weighted by Gasteiger charge is 2.54. The standard InChI is InChI=1S/C38H33NO5.C14H12O2.C10H11NO2/c40-38-35-36(30-16-20-32(21-17-30)41-24-27-10-4-1-5-11-27)44-37(39(35)34(26-43-38)29-14-8-3-9-15-29)31-18-22-33(23-19-31)42-25-28-12-6-2-7-13-28;15-10-12-6-8-14(9-7-12)16-11-13-4-2-1-3-5-13;12-10-6-11-9(7-13-10)8-4-2-1-3-5-8/h1-23,34-37H,24-26H2;1-10H,11H2;1-5,9,11H,6-7H2/t34-,35?,36-,37+;;9-/m1.1/s1. The third-order valence-electron chi connectivity index (χ3n) is 12.6. The number of morpholine rings is 2. The van der Waals surface area contributed by atoms with E-state index in [1.165, 1.54) is 0 Å². The summed E-state index contributed by atoms with van der Waals surface area (Å²) in [5.41, 5.74) is 8.07. The smallest absolute Gasteiger partial charge is 0.326 e. The summed E-state index contributed by atoms with van der Waals surface area (Å²) in [6.45, 7) is 2.51. The van der Waals surface area contributed by atoms with Gasteiger partial charge in [-0.3, -0.25) is 19.7 Å². The summed E-state index contributed by atoms with van der Waals surface area (Å²) in [5.74, 6) is 1.84. The fourth-order valence-electron chi connectivity index (χ4n) is 8.72. The van der Waals surface area contributed by atoms with Gasteiger partial charge in [0, 0.05) is 5.56 Å². The molecule has 3 aliphatic heterocycles. The van der Waals surface area contributed by atoms with E-state index in [0.717, 1.165) is 62.5 Å². The molecule has 8 aromatic rings. The van der Waals surface area contributed by atoms with Crippen molar-refractivity contribution in [1.82, 2.24) is 10.2 Å². The Morgan fingerprint density at radius 2 is 0.918 bits per heavy atom. The number of hydrogen-bond donors (Lipinski definition) is 1. The zero-order chi connectivity index (χ0) is 50.0. The van der Waals surface area contributed by atoms with Gasteiger partial charge in [0.15, 0.2) is 0 Å². The van der Waals surface area contributed by atoms with Gasteiger partial charge in [0.1, 0.15) is 74.9 Å². The minimum atomic E-state index is -0.607. The summed E-state index contributed by atoms with van der Waals surface area (Å²) in [7, 11) is 0. The predicted octanol–water partition coefficient (Wildman–Crippen LogP) is 11.5.